The summed E-state index contributed by atoms with van der Waals surface area (Å²) in [6.07, 6.45) is 14.4. The number of hydrogen-bond acceptors (Lipinski definition) is 0. The fraction of sp³-hybridized carbons (Fsp3) is 0.733. The fourth-order valence-corrected chi connectivity index (χ4v) is 3.75. The molecule has 0 aliphatic rings. The molecule has 1 aromatic rings. The summed E-state index contributed by atoms with van der Waals surface area (Å²) >= 11 is 0. The second kappa shape index (κ2) is 9.97. The van der Waals surface area contributed by atoms with Gasteiger partial charge in [-0.3, -0.25) is 0 Å². The molecule has 92 valence electrons. The van der Waals surface area contributed by atoms with Crippen LogP contribution in [0.3, 0.4) is 0 Å². The number of rotatable bonds is 10. The predicted octanol–water partition coefficient (Wildman–Crippen LogP) is 6.20. The number of unbranched alkanes of at least 4 members (excludes halogenated alkanes) is 8. The van der Waals surface area contributed by atoms with E-state index in [4.69, 9.17) is 0 Å². The SMILES string of the molecule is CCCCCCCCCCCp1cccc1. The average molecular weight is 238 g/mol. The summed E-state index contributed by atoms with van der Waals surface area (Å²) in [5.74, 6) is 4.78. The smallest absolute Gasteiger partial charge is 0.0141 e. The van der Waals surface area contributed by atoms with Crippen LogP contribution < -0.4 is 0 Å². The molecule has 1 aromatic heterocycles. The summed E-state index contributed by atoms with van der Waals surface area (Å²) in [5, 5.41) is 0. The minimum atomic E-state index is 0.161. The van der Waals surface area contributed by atoms with Gasteiger partial charge in [-0.15, -0.1) is 7.53 Å². The van der Waals surface area contributed by atoms with Gasteiger partial charge in [0.1, 0.15) is 0 Å². The third-order valence-electron chi connectivity index (χ3n) is 3.19. The maximum atomic E-state index is 2.39. The fourth-order valence-electron chi connectivity index (χ4n) is 2.12. The molecule has 0 unspecified atom stereocenters. The van der Waals surface area contributed by atoms with E-state index in [1.807, 2.05) is 0 Å². The van der Waals surface area contributed by atoms with Crippen molar-refractivity contribution >= 4 is 7.53 Å². The molecule has 0 nitrogen and oxygen atoms in total. The Morgan fingerprint density at radius 2 is 1.19 bits per heavy atom. The topological polar surface area (TPSA) is 0 Å². The van der Waals surface area contributed by atoms with Gasteiger partial charge in [-0.1, -0.05) is 70.4 Å². The molecule has 1 heterocycles. The van der Waals surface area contributed by atoms with Crippen LogP contribution in [0.5, 0.6) is 0 Å². The standard InChI is InChI=1S/C15H27P/c1-2-3-4-5-6-7-8-9-10-13-16-14-11-12-15-16/h11-12,14-15H,2-10,13H2,1H3. The molecule has 0 N–H and O–H groups in total. The van der Waals surface area contributed by atoms with E-state index in [1.165, 1.54) is 63.9 Å². The Hall–Kier alpha value is -0.220. The zero-order valence-electron chi connectivity index (χ0n) is 10.8. The Labute approximate surface area is 103 Å². The monoisotopic (exact) mass is 238 g/mol. The molecule has 0 aliphatic carbocycles. The highest BCUT2D eigenvalue weighted by molar-refractivity contribution is 7.47. The van der Waals surface area contributed by atoms with Gasteiger partial charge in [0.15, 0.2) is 0 Å². The molecule has 0 radical (unpaired) electrons. The normalized spacial score (nSPS) is 10.8. The largest absolute Gasteiger partial charge is 0.125 e. The van der Waals surface area contributed by atoms with E-state index in [0.717, 1.165) is 0 Å². The first-order valence-electron chi connectivity index (χ1n) is 7.04. The average Bonchev–Trinajstić information content (AvgIpc) is 2.80. The Balaban J connectivity index is 1.78. The van der Waals surface area contributed by atoms with Crippen LogP contribution in [0.25, 0.3) is 0 Å². The van der Waals surface area contributed by atoms with Crippen LogP contribution in [-0.4, -0.2) is 0 Å². The quantitative estimate of drug-likeness (QED) is 0.425. The van der Waals surface area contributed by atoms with Crippen molar-refractivity contribution in [1.29, 1.82) is 0 Å². The van der Waals surface area contributed by atoms with Crippen molar-refractivity contribution in [3.05, 3.63) is 23.7 Å². The second-order valence-corrected chi connectivity index (χ2v) is 6.82. The van der Waals surface area contributed by atoms with Crippen molar-refractivity contribution in [3.63, 3.8) is 0 Å². The summed E-state index contributed by atoms with van der Waals surface area (Å²) in [7, 11) is 0.161. The molecular formula is C15H27P. The van der Waals surface area contributed by atoms with Gasteiger partial charge in [-0.25, -0.2) is 0 Å². The van der Waals surface area contributed by atoms with Crippen molar-refractivity contribution in [2.45, 2.75) is 70.9 Å². The Kier molecular flexibility index (Phi) is 8.62. The van der Waals surface area contributed by atoms with Crippen molar-refractivity contribution in [3.8, 4) is 0 Å². The lowest BCUT2D eigenvalue weighted by atomic mass is 10.1. The third-order valence-corrected chi connectivity index (χ3v) is 5.13. The minimum absolute atomic E-state index is 0.161. The molecule has 0 fully saturated rings. The van der Waals surface area contributed by atoms with E-state index >= 15 is 0 Å². The Morgan fingerprint density at radius 3 is 1.75 bits per heavy atom. The lowest BCUT2D eigenvalue weighted by Gasteiger charge is -2.01. The minimum Gasteiger partial charge on any atom is -0.125 e. The summed E-state index contributed by atoms with van der Waals surface area (Å²) in [4.78, 5) is 0. The lowest BCUT2D eigenvalue weighted by molar-refractivity contribution is 0.570. The van der Waals surface area contributed by atoms with Crippen LogP contribution in [0, 0.1) is 0 Å². The molecule has 1 rings (SSSR count). The second-order valence-electron chi connectivity index (χ2n) is 4.75. The first-order chi connectivity index (χ1) is 7.93. The van der Waals surface area contributed by atoms with Crippen LogP contribution >= 0.6 is 7.53 Å². The highest BCUT2D eigenvalue weighted by atomic mass is 31.1. The van der Waals surface area contributed by atoms with Gasteiger partial charge in [-0.2, -0.15) is 0 Å². The molecule has 0 saturated carbocycles. The summed E-state index contributed by atoms with van der Waals surface area (Å²) in [6, 6.07) is 4.42. The first-order valence-corrected chi connectivity index (χ1v) is 8.70. The highest BCUT2D eigenvalue weighted by Crippen LogP contribution is 2.29. The van der Waals surface area contributed by atoms with Crippen LogP contribution in [0.2, 0.25) is 0 Å². The molecule has 0 aromatic carbocycles. The lowest BCUT2D eigenvalue weighted by Crippen LogP contribution is -1.81. The summed E-state index contributed by atoms with van der Waals surface area (Å²) in [6.45, 7) is 2.29. The zero-order chi connectivity index (χ0) is 11.5. The van der Waals surface area contributed by atoms with E-state index in [2.05, 4.69) is 30.7 Å². The Bertz CT molecular complexity index is 226. The maximum Gasteiger partial charge on any atom is -0.0141 e. The number of hydrogen-bond donors (Lipinski definition) is 0. The summed E-state index contributed by atoms with van der Waals surface area (Å²) < 4.78 is 0. The highest BCUT2D eigenvalue weighted by Gasteiger charge is 1.93. The van der Waals surface area contributed by atoms with Gasteiger partial charge in [0.05, 0.1) is 0 Å². The molecule has 16 heavy (non-hydrogen) atoms. The van der Waals surface area contributed by atoms with Gasteiger partial charge in [0.2, 0.25) is 0 Å². The van der Waals surface area contributed by atoms with E-state index in [-0.39, 0.29) is 7.53 Å². The van der Waals surface area contributed by atoms with Crippen molar-refractivity contribution < 1.29 is 0 Å². The molecule has 0 saturated heterocycles. The zero-order valence-corrected chi connectivity index (χ0v) is 11.7. The molecule has 0 bridgehead atoms. The van der Waals surface area contributed by atoms with Crippen molar-refractivity contribution in [2.24, 2.45) is 0 Å². The first kappa shape index (κ1) is 13.8. The van der Waals surface area contributed by atoms with Crippen LogP contribution in [0.4, 0.5) is 0 Å². The van der Waals surface area contributed by atoms with E-state index in [9.17, 15) is 0 Å². The van der Waals surface area contributed by atoms with Gasteiger partial charge in [0, 0.05) is 0 Å². The van der Waals surface area contributed by atoms with E-state index in [1.54, 1.807) is 0 Å². The van der Waals surface area contributed by atoms with E-state index < -0.39 is 0 Å². The molecular weight excluding hydrogens is 211 g/mol. The van der Waals surface area contributed by atoms with Gasteiger partial charge >= 0.3 is 0 Å². The Morgan fingerprint density at radius 1 is 0.688 bits per heavy atom. The van der Waals surface area contributed by atoms with Crippen LogP contribution in [0.15, 0.2) is 23.7 Å². The predicted molar refractivity (Wildman–Crippen MR) is 76.4 cm³/mol. The maximum absolute atomic E-state index is 2.39. The van der Waals surface area contributed by atoms with E-state index in [0.29, 0.717) is 0 Å². The molecule has 0 amide bonds. The summed E-state index contributed by atoms with van der Waals surface area (Å²) in [5.41, 5.74) is 0. The third kappa shape index (κ3) is 7.12. The number of aryl methyl sites for hydroxylation is 1. The van der Waals surface area contributed by atoms with Crippen LogP contribution in [-0.2, 0) is 6.16 Å². The van der Waals surface area contributed by atoms with Gasteiger partial charge < -0.3 is 0 Å². The van der Waals surface area contributed by atoms with Crippen molar-refractivity contribution in [1.82, 2.24) is 0 Å². The molecule has 1 heteroatoms. The van der Waals surface area contributed by atoms with Crippen molar-refractivity contribution in [2.75, 3.05) is 0 Å². The molecule has 0 aliphatic heterocycles. The molecule has 0 atom stereocenters. The van der Waals surface area contributed by atoms with Crippen LogP contribution in [0.1, 0.15) is 64.7 Å². The van der Waals surface area contributed by atoms with Gasteiger partial charge in [0.25, 0.3) is 0 Å². The molecule has 0 spiro atoms. The van der Waals surface area contributed by atoms with Gasteiger partial charge in [-0.05, 0) is 24.2 Å².